The zero-order valence-corrected chi connectivity index (χ0v) is 12.6. The lowest BCUT2D eigenvalue weighted by atomic mass is 9.91. The molecule has 1 atom stereocenters. The number of rotatable bonds is 6. The van der Waals surface area contributed by atoms with Crippen molar-refractivity contribution >= 4 is 0 Å². The number of phenols is 2. The quantitative estimate of drug-likeness (QED) is 0.766. The van der Waals surface area contributed by atoms with Crippen molar-refractivity contribution in [3.63, 3.8) is 0 Å². The lowest BCUT2D eigenvalue weighted by molar-refractivity contribution is 0.0202. The summed E-state index contributed by atoms with van der Waals surface area (Å²) < 4.78 is 5.85. The lowest BCUT2D eigenvalue weighted by Crippen LogP contribution is -2.23. The Morgan fingerprint density at radius 3 is 2.60 bits per heavy atom. The van der Waals surface area contributed by atoms with Gasteiger partial charge in [0.25, 0.3) is 0 Å². The Morgan fingerprint density at radius 1 is 1.10 bits per heavy atom. The maximum atomic E-state index is 9.88. The van der Waals surface area contributed by atoms with Crippen LogP contribution in [0, 0.1) is 6.92 Å². The molecule has 2 rings (SSSR count). The molecule has 0 saturated carbocycles. The lowest BCUT2D eigenvalue weighted by Gasteiger charge is -2.27. The van der Waals surface area contributed by atoms with E-state index < -0.39 is 0 Å². The van der Waals surface area contributed by atoms with Gasteiger partial charge in [0.15, 0.2) is 0 Å². The molecular formula is C17H26O3. The molecule has 0 amide bonds. The van der Waals surface area contributed by atoms with Gasteiger partial charge in [-0.2, -0.15) is 0 Å². The molecule has 0 saturated heterocycles. The summed E-state index contributed by atoms with van der Waals surface area (Å²) in [5.74, 6) is 0.342. The van der Waals surface area contributed by atoms with Gasteiger partial charge in [-0.25, -0.2) is 0 Å². The highest BCUT2D eigenvalue weighted by Gasteiger charge is 2.24. The van der Waals surface area contributed by atoms with Crippen LogP contribution in [0.4, 0.5) is 0 Å². The van der Waals surface area contributed by atoms with Crippen molar-refractivity contribution < 1.29 is 14.9 Å². The van der Waals surface area contributed by atoms with Crippen molar-refractivity contribution in [2.75, 3.05) is 0 Å². The van der Waals surface area contributed by atoms with E-state index in [1.165, 1.54) is 38.2 Å². The topological polar surface area (TPSA) is 49.7 Å². The molecule has 3 heteroatoms. The molecule has 1 heterocycles. The fraction of sp³-hybridized carbons (Fsp3) is 0.647. The number of hydrogen-bond donors (Lipinski definition) is 2. The van der Waals surface area contributed by atoms with Crippen LogP contribution >= 0.6 is 0 Å². The second-order valence-electron chi connectivity index (χ2n) is 5.84. The highest BCUT2D eigenvalue weighted by atomic mass is 16.5. The highest BCUT2D eigenvalue weighted by Crippen LogP contribution is 2.36. The van der Waals surface area contributed by atoms with Crippen LogP contribution in [0.15, 0.2) is 6.07 Å². The monoisotopic (exact) mass is 278 g/mol. The molecule has 2 N–H and O–H groups in total. The summed E-state index contributed by atoms with van der Waals surface area (Å²) in [5, 5.41) is 19.7. The Labute approximate surface area is 121 Å². The second-order valence-corrected chi connectivity index (χ2v) is 5.84. The van der Waals surface area contributed by atoms with Crippen molar-refractivity contribution in [1.29, 1.82) is 0 Å². The van der Waals surface area contributed by atoms with Crippen LogP contribution in [0.25, 0.3) is 0 Å². The summed E-state index contributed by atoms with van der Waals surface area (Å²) in [6.07, 6.45) is 8.45. The Kier molecular flexibility index (Phi) is 5.30. The van der Waals surface area contributed by atoms with Gasteiger partial charge in [-0.05, 0) is 30.9 Å². The zero-order chi connectivity index (χ0) is 14.5. The summed E-state index contributed by atoms with van der Waals surface area (Å²) >= 11 is 0. The summed E-state index contributed by atoms with van der Waals surface area (Å²) in [5.41, 5.74) is 2.81. The number of unbranched alkanes of at least 4 members (excludes halogenated alkanes) is 4. The van der Waals surface area contributed by atoms with Gasteiger partial charge < -0.3 is 14.9 Å². The molecule has 1 aromatic carbocycles. The Bertz CT molecular complexity index is 454. The Morgan fingerprint density at radius 2 is 1.85 bits per heavy atom. The van der Waals surface area contributed by atoms with Gasteiger partial charge >= 0.3 is 0 Å². The molecule has 1 aliphatic heterocycles. The maximum absolute atomic E-state index is 9.88. The molecule has 1 unspecified atom stereocenters. The third-order valence-electron chi connectivity index (χ3n) is 4.31. The minimum absolute atomic E-state index is 0.157. The van der Waals surface area contributed by atoms with Crippen molar-refractivity contribution in [3.8, 4) is 11.5 Å². The molecule has 0 spiro atoms. The van der Waals surface area contributed by atoms with E-state index >= 15 is 0 Å². The van der Waals surface area contributed by atoms with Crippen molar-refractivity contribution in [3.05, 3.63) is 22.8 Å². The predicted molar refractivity (Wildman–Crippen MR) is 80.2 cm³/mol. The second kappa shape index (κ2) is 6.98. The van der Waals surface area contributed by atoms with Crippen LogP contribution in [0.1, 0.15) is 62.1 Å². The van der Waals surface area contributed by atoms with Crippen LogP contribution < -0.4 is 0 Å². The SMILES string of the molecule is CCCCCCCC1Cc2c(C)c(O)cc(O)c2CO1. The summed E-state index contributed by atoms with van der Waals surface area (Å²) in [7, 11) is 0. The van der Waals surface area contributed by atoms with E-state index in [1.54, 1.807) is 0 Å². The fourth-order valence-electron chi connectivity index (χ4n) is 2.95. The van der Waals surface area contributed by atoms with E-state index in [-0.39, 0.29) is 17.6 Å². The number of benzene rings is 1. The maximum Gasteiger partial charge on any atom is 0.125 e. The normalized spacial score (nSPS) is 18.0. The van der Waals surface area contributed by atoms with Crippen LogP contribution in [-0.2, 0) is 17.8 Å². The average Bonchev–Trinajstić information content (AvgIpc) is 2.44. The first-order valence-electron chi connectivity index (χ1n) is 7.78. The molecule has 0 radical (unpaired) electrons. The molecule has 0 fully saturated rings. The van der Waals surface area contributed by atoms with Crippen LogP contribution in [0.5, 0.6) is 11.5 Å². The average molecular weight is 278 g/mol. The Balaban J connectivity index is 1.93. The highest BCUT2D eigenvalue weighted by molar-refractivity contribution is 5.51. The van der Waals surface area contributed by atoms with Crippen molar-refractivity contribution in [2.45, 2.75) is 71.5 Å². The van der Waals surface area contributed by atoms with Gasteiger partial charge in [-0.3, -0.25) is 0 Å². The van der Waals surface area contributed by atoms with E-state index in [1.807, 2.05) is 6.92 Å². The number of phenolic OH excluding ortho intramolecular Hbond substituents is 2. The summed E-state index contributed by atoms with van der Waals surface area (Å²) in [6, 6.07) is 1.42. The first-order valence-corrected chi connectivity index (χ1v) is 7.78. The smallest absolute Gasteiger partial charge is 0.125 e. The largest absolute Gasteiger partial charge is 0.508 e. The molecule has 3 nitrogen and oxygen atoms in total. The molecule has 1 aromatic rings. The third-order valence-corrected chi connectivity index (χ3v) is 4.31. The molecule has 20 heavy (non-hydrogen) atoms. The van der Waals surface area contributed by atoms with Gasteiger partial charge in [-0.1, -0.05) is 39.0 Å². The van der Waals surface area contributed by atoms with Gasteiger partial charge in [0, 0.05) is 11.6 Å². The number of ether oxygens (including phenoxy) is 1. The van der Waals surface area contributed by atoms with Crippen molar-refractivity contribution in [1.82, 2.24) is 0 Å². The van der Waals surface area contributed by atoms with E-state index in [2.05, 4.69) is 6.92 Å². The zero-order valence-electron chi connectivity index (χ0n) is 12.6. The van der Waals surface area contributed by atoms with Gasteiger partial charge in [-0.15, -0.1) is 0 Å². The molecule has 0 aliphatic carbocycles. The molecule has 112 valence electrons. The van der Waals surface area contributed by atoms with Gasteiger partial charge in [0.1, 0.15) is 11.5 Å². The minimum atomic E-state index is 0.157. The van der Waals surface area contributed by atoms with E-state index in [0.29, 0.717) is 6.61 Å². The fourth-order valence-corrected chi connectivity index (χ4v) is 2.95. The number of aromatic hydroxyl groups is 2. The van der Waals surface area contributed by atoms with Crippen LogP contribution in [-0.4, -0.2) is 16.3 Å². The first-order chi connectivity index (χ1) is 9.63. The summed E-state index contributed by atoms with van der Waals surface area (Å²) in [6.45, 7) is 4.60. The van der Waals surface area contributed by atoms with Crippen LogP contribution in [0.3, 0.4) is 0 Å². The van der Waals surface area contributed by atoms with Gasteiger partial charge in [0.2, 0.25) is 0 Å². The standard InChI is InChI=1S/C17H26O3/c1-3-4-5-6-7-8-13-9-14-12(2)16(18)10-17(19)15(14)11-20-13/h10,13,18-19H,3-9,11H2,1-2H3. The van der Waals surface area contributed by atoms with E-state index in [0.717, 1.165) is 29.5 Å². The first kappa shape index (κ1) is 15.2. The molecule has 0 aromatic heterocycles. The van der Waals surface area contributed by atoms with Crippen LogP contribution in [0.2, 0.25) is 0 Å². The van der Waals surface area contributed by atoms with E-state index in [4.69, 9.17) is 4.74 Å². The molecular weight excluding hydrogens is 252 g/mol. The minimum Gasteiger partial charge on any atom is -0.508 e. The molecule has 0 bridgehead atoms. The Hall–Kier alpha value is -1.22. The van der Waals surface area contributed by atoms with Gasteiger partial charge in [0.05, 0.1) is 12.7 Å². The molecule has 1 aliphatic rings. The van der Waals surface area contributed by atoms with E-state index in [9.17, 15) is 10.2 Å². The number of fused-ring (bicyclic) bond motifs is 1. The summed E-state index contributed by atoms with van der Waals surface area (Å²) in [4.78, 5) is 0. The number of hydrogen-bond acceptors (Lipinski definition) is 3. The van der Waals surface area contributed by atoms with Crippen molar-refractivity contribution in [2.24, 2.45) is 0 Å². The third kappa shape index (κ3) is 3.45. The predicted octanol–water partition coefficient (Wildman–Crippen LogP) is 4.21.